The van der Waals surface area contributed by atoms with E-state index in [0.717, 1.165) is 11.1 Å². The molecule has 0 unspecified atom stereocenters. The van der Waals surface area contributed by atoms with E-state index < -0.39 is 6.43 Å². The van der Waals surface area contributed by atoms with Crippen molar-refractivity contribution in [3.8, 4) is 0 Å². The van der Waals surface area contributed by atoms with E-state index in [4.69, 9.17) is 4.84 Å². The molecule has 0 atom stereocenters. The average molecular weight is 274 g/mol. The maximum atomic E-state index is 12.7. The molecule has 20 heavy (non-hydrogen) atoms. The van der Waals surface area contributed by atoms with Crippen molar-refractivity contribution in [2.24, 2.45) is 5.16 Å². The van der Waals surface area contributed by atoms with Gasteiger partial charge in [0, 0.05) is 11.1 Å². The van der Waals surface area contributed by atoms with Gasteiger partial charge in [-0.15, -0.1) is 0 Å². The predicted molar refractivity (Wildman–Crippen MR) is 73.9 cm³/mol. The third-order valence-corrected chi connectivity index (χ3v) is 2.74. The fourth-order valence-corrected chi connectivity index (χ4v) is 1.78. The van der Waals surface area contributed by atoms with Crippen LogP contribution in [0.5, 0.6) is 0 Å². The first-order valence-corrected chi connectivity index (χ1v) is 6.17. The first kappa shape index (κ1) is 14.2. The number of hydrogen-bond acceptors (Lipinski definition) is 2. The Hall–Kier alpha value is -2.23. The van der Waals surface area contributed by atoms with Crippen molar-refractivity contribution < 1.29 is 13.6 Å². The summed E-state index contributed by atoms with van der Waals surface area (Å²) < 4.78 is 25.4. The molecule has 0 saturated carbocycles. The quantitative estimate of drug-likeness (QED) is 0.586. The predicted octanol–water partition coefficient (Wildman–Crippen LogP) is 4.36. The van der Waals surface area contributed by atoms with Crippen LogP contribution in [-0.4, -0.2) is 6.21 Å². The zero-order valence-corrected chi connectivity index (χ0v) is 11.0. The molecule has 2 rings (SSSR count). The normalized spacial score (nSPS) is 11.2. The maximum Gasteiger partial charge on any atom is 0.264 e. The van der Waals surface area contributed by atoms with Crippen molar-refractivity contribution in [3.05, 3.63) is 70.8 Å². The summed E-state index contributed by atoms with van der Waals surface area (Å²) in [5.41, 5.74) is 2.24. The fraction of sp³-hybridized carbons (Fsp3) is 0.188. The molecule has 0 N–H and O–H groups in total. The highest BCUT2D eigenvalue weighted by Gasteiger charge is 2.10. The molecule has 1 radical (unpaired) electrons. The second kappa shape index (κ2) is 6.80. The highest BCUT2D eigenvalue weighted by atomic mass is 19.3. The summed E-state index contributed by atoms with van der Waals surface area (Å²) in [5, 5.41) is 3.63. The minimum Gasteiger partial charge on any atom is -0.390 e. The SMILES string of the molecule is Cc1cccc(CO/N=[C]\c2ccccc2C(F)F)c1. The Morgan fingerprint density at radius 1 is 1.15 bits per heavy atom. The van der Waals surface area contributed by atoms with Gasteiger partial charge in [0.2, 0.25) is 0 Å². The number of nitrogens with zero attached hydrogens (tertiary/aromatic N) is 1. The summed E-state index contributed by atoms with van der Waals surface area (Å²) in [6.45, 7) is 2.27. The van der Waals surface area contributed by atoms with Crippen LogP contribution in [0.15, 0.2) is 53.7 Å². The van der Waals surface area contributed by atoms with Gasteiger partial charge >= 0.3 is 0 Å². The van der Waals surface area contributed by atoms with Crippen LogP contribution >= 0.6 is 0 Å². The summed E-state index contributed by atoms with van der Waals surface area (Å²) >= 11 is 0. The average Bonchev–Trinajstić information content (AvgIpc) is 2.44. The number of hydrogen-bond donors (Lipinski definition) is 0. The van der Waals surface area contributed by atoms with Gasteiger partial charge in [-0.3, -0.25) is 0 Å². The second-order valence-corrected chi connectivity index (χ2v) is 4.35. The Labute approximate surface area is 116 Å². The zero-order valence-electron chi connectivity index (χ0n) is 11.0. The van der Waals surface area contributed by atoms with Gasteiger partial charge in [-0.25, -0.2) is 8.78 Å². The van der Waals surface area contributed by atoms with E-state index in [9.17, 15) is 8.78 Å². The smallest absolute Gasteiger partial charge is 0.264 e. The van der Waals surface area contributed by atoms with Gasteiger partial charge in [0.1, 0.15) is 12.8 Å². The molecule has 0 spiro atoms. The summed E-state index contributed by atoms with van der Waals surface area (Å²) in [6, 6.07) is 13.9. The van der Waals surface area contributed by atoms with E-state index in [1.165, 1.54) is 12.1 Å². The first-order chi connectivity index (χ1) is 9.66. The van der Waals surface area contributed by atoms with Gasteiger partial charge in [-0.05, 0) is 12.5 Å². The highest BCUT2D eigenvalue weighted by Crippen LogP contribution is 2.21. The molecule has 4 heteroatoms. The molecule has 0 saturated heterocycles. The van der Waals surface area contributed by atoms with Crippen molar-refractivity contribution in [1.82, 2.24) is 0 Å². The molecule has 2 aromatic carbocycles. The van der Waals surface area contributed by atoms with Gasteiger partial charge in [0.15, 0.2) is 0 Å². The molecular weight excluding hydrogens is 260 g/mol. The lowest BCUT2D eigenvalue weighted by atomic mass is 10.1. The minimum absolute atomic E-state index is 0.101. The van der Waals surface area contributed by atoms with Crippen molar-refractivity contribution >= 4 is 6.21 Å². The maximum absolute atomic E-state index is 12.7. The third-order valence-electron chi connectivity index (χ3n) is 2.74. The summed E-state index contributed by atoms with van der Waals surface area (Å²) in [7, 11) is 0. The van der Waals surface area contributed by atoms with Gasteiger partial charge in [-0.1, -0.05) is 59.3 Å². The molecule has 103 valence electrons. The second-order valence-electron chi connectivity index (χ2n) is 4.35. The third kappa shape index (κ3) is 3.88. The van der Waals surface area contributed by atoms with Gasteiger partial charge < -0.3 is 4.84 Å². The van der Waals surface area contributed by atoms with Crippen LogP contribution in [-0.2, 0) is 11.4 Å². The van der Waals surface area contributed by atoms with Gasteiger partial charge in [-0.2, -0.15) is 0 Å². The van der Waals surface area contributed by atoms with Gasteiger partial charge in [0.05, 0.1) is 0 Å². The topological polar surface area (TPSA) is 21.6 Å². The molecule has 0 aliphatic carbocycles. The summed E-state index contributed by atoms with van der Waals surface area (Å²) in [4.78, 5) is 5.08. The van der Waals surface area contributed by atoms with Crippen LogP contribution in [0.4, 0.5) is 8.78 Å². The van der Waals surface area contributed by atoms with Crippen molar-refractivity contribution in [1.29, 1.82) is 0 Å². The Balaban J connectivity index is 1.97. The number of halogens is 2. The first-order valence-electron chi connectivity index (χ1n) is 6.17. The van der Waals surface area contributed by atoms with E-state index in [2.05, 4.69) is 11.4 Å². The molecule has 0 fully saturated rings. The number of rotatable bonds is 5. The lowest BCUT2D eigenvalue weighted by Crippen LogP contribution is -1.94. The Kier molecular flexibility index (Phi) is 4.82. The van der Waals surface area contributed by atoms with Crippen molar-refractivity contribution in [3.63, 3.8) is 0 Å². The van der Waals surface area contributed by atoms with Crippen LogP contribution in [0.1, 0.15) is 28.7 Å². The molecule has 0 aliphatic heterocycles. The van der Waals surface area contributed by atoms with E-state index in [1.54, 1.807) is 12.1 Å². The van der Waals surface area contributed by atoms with Crippen molar-refractivity contribution in [2.75, 3.05) is 0 Å². The minimum atomic E-state index is -2.55. The standard InChI is InChI=1S/C16H14F2NO/c1-12-5-4-6-13(9-12)11-20-19-10-14-7-2-3-8-15(14)16(17)18/h2-9,16H,11H2,1H3. The van der Waals surface area contributed by atoms with Crippen LogP contribution < -0.4 is 0 Å². The fourth-order valence-electron chi connectivity index (χ4n) is 1.78. The number of benzene rings is 2. The number of alkyl halides is 2. The molecule has 0 bridgehead atoms. The lowest BCUT2D eigenvalue weighted by molar-refractivity contribution is 0.131. The van der Waals surface area contributed by atoms with E-state index in [-0.39, 0.29) is 17.7 Å². The molecule has 0 aliphatic rings. The van der Waals surface area contributed by atoms with Crippen LogP contribution in [0.3, 0.4) is 0 Å². The Morgan fingerprint density at radius 3 is 2.70 bits per heavy atom. The van der Waals surface area contributed by atoms with Gasteiger partial charge in [0.25, 0.3) is 6.43 Å². The Morgan fingerprint density at radius 2 is 1.95 bits per heavy atom. The van der Waals surface area contributed by atoms with E-state index >= 15 is 0 Å². The summed E-state index contributed by atoms with van der Waals surface area (Å²) in [6.07, 6.45) is -0.0481. The molecule has 2 nitrogen and oxygen atoms in total. The largest absolute Gasteiger partial charge is 0.390 e. The monoisotopic (exact) mass is 274 g/mol. The lowest BCUT2D eigenvalue weighted by Gasteiger charge is -2.03. The van der Waals surface area contributed by atoms with Crippen LogP contribution in [0, 0.1) is 6.92 Å². The molecular formula is C16H14F2NO. The Bertz CT molecular complexity index is 597. The molecule has 0 aromatic heterocycles. The highest BCUT2D eigenvalue weighted by molar-refractivity contribution is 5.81. The van der Waals surface area contributed by atoms with E-state index in [1.807, 2.05) is 31.2 Å². The number of aryl methyl sites for hydroxylation is 1. The van der Waals surface area contributed by atoms with Crippen LogP contribution in [0.2, 0.25) is 0 Å². The summed E-state index contributed by atoms with van der Waals surface area (Å²) in [5.74, 6) is 0. The molecule has 0 amide bonds. The molecule has 2 aromatic rings. The van der Waals surface area contributed by atoms with E-state index in [0.29, 0.717) is 0 Å². The molecule has 0 heterocycles. The van der Waals surface area contributed by atoms with Crippen LogP contribution in [0.25, 0.3) is 0 Å². The zero-order chi connectivity index (χ0) is 14.4. The van der Waals surface area contributed by atoms with Crippen molar-refractivity contribution in [2.45, 2.75) is 20.0 Å².